The van der Waals surface area contributed by atoms with Gasteiger partial charge in [-0.05, 0) is 43.5 Å². The van der Waals surface area contributed by atoms with Crippen molar-refractivity contribution >= 4 is 34.3 Å². The number of pyridine rings is 1. The summed E-state index contributed by atoms with van der Waals surface area (Å²) < 4.78 is 11.3. The number of allylic oxidation sites excluding steroid dienone is 2. The molecular weight excluding hydrogens is 420 g/mol. The number of aromatic nitrogens is 3. The van der Waals surface area contributed by atoms with Gasteiger partial charge in [0.15, 0.2) is 5.65 Å². The lowest BCUT2D eigenvalue weighted by Gasteiger charge is -2.34. The summed E-state index contributed by atoms with van der Waals surface area (Å²) in [7, 11) is 5.23. The van der Waals surface area contributed by atoms with E-state index in [4.69, 9.17) is 24.4 Å². The molecule has 2 atom stereocenters. The molecule has 9 heteroatoms. The Morgan fingerprint density at radius 3 is 2.70 bits per heavy atom. The minimum Gasteiger partial charge on any atom is -0.383 e. The first kappa shape index (κ1) is 23.1. The highest BCUT2D eigenvalue weighted by atomic mass is 16.5. The van der Waals surface area contributed by atoms with Gasteiger partial charge in [0.2, 0.25) is 11.9 Å². The molecule has 2 aromatic rings. The Morgan fingerprint density at radius 2 is 2.03 bits per heavy atom. The first-order chi connectivity index (χ1) is 15.9. The second-order valence-electron chi connectivity index (χ2n) is 8.62. The number of fused-ring (bicyclic) bond motifs is 3. The Kier molecular flexibility index (Phi) is 6.90. The van der Waals surface area contributed by atoms with E-state index in [1.807, 2.05) is 24.1 Å². The number of rotatable bonds is 8. The number of likely N-dealkylation sites (N-methyl/N-ethyl adjacent to an activating group) is 2. The van der Waals surface area contributed by atoms with Gasteiger partial charge >= 0.3 is 0 Å². The summed E-state index contributed by atoms with van der Waals surface area (Å²) in [5.74, 6) is 1.33. The van der Waals surface area contributed by atoms with Gasteiger partial charge in [-0.3, -0.25) is 4.79 Å². The van der Waals surface area contributed by atoms with Crippen molar-refractivity contribution in [3.05, 3.63) is 36.1 Å². The number of carbonyl (C=O) groups excluding carboxylic acids is 1. The van der Waals surface area contributed by atoms with Crippen molar-refractivity contribution in [2.24, 2.45) is 0 Å². The average Bonchev–Trinajstić information content (AvgIpc) is 3.17. The molecule has 1 N–H and O–H groups in total. The Morgan fingerprint density at radius 1 is 1.30 bits per heavy atom. The van der Waals surface area contributed by atoms with Gasteiger partial charge < -0.3 is 24.6 Å². The molecule has 2 aromatic heterocycles. The summed E-state index contributed by atoms with van der Waals surface area (Å²) in [6.45, 7) is 8.72. The van der Waals surface area contributed by atoms with E-state index in [0.29, 0.717) is 41.6 Å². The van der Waals surface area contributed by atoms with Crippen molar-refractivity contribution in [2.45, 2.75) is 32.0 Å². The molecule has 176 valence electrons. The minimum absolute atomic E-state index is 0.148. The second kappa shape index (κ2) is 9.84. The Labute approximate surface area is 194 Å². The van der Waals surface area contributed by atoms with Crippen LogP contribution in [0.3, 0.4) is 0 Å². The van der Waals surface area contributed by atoms with E-state index in [1.54, 1.807) is 27.2 Å². The third kappa shape index (κ3) is 4.99. The fourth-order valence-corrected chi connectivity index (χ4v) is 4.29. The van der Waals surface area contributed by atoms with Crippen LogP contribution < -0.4 is 15.1 Å². The van der Waals surface area contributed by atoms with Gasteiger partial charge in [-0.15, -0.1) is 0 Å². The maximum Gasteiger partial charge on any atom is 0.246 e. The number of nitrogens with zero attached hydrogens (tertiary/aromatic N) is 5. The van der Waals surface area contributed by atoms with Crippen LogP contribution in [0.25, 0.3) is 16.6 Å². The maximum absolute atomic E-state index is 11.9. The van der Waals surface area contributed by atoms with Crippen LogP contribution in [0.4, 0.5) is 11.8 Å². The zero-order valence-corrected chi connectivity index (χ0v) is 19.8. The molecule has 2 saturated heterocycles. The van der Waals surface area contributed by atoms with E-state index in [9.17, 15) is 4.79 Å². The van der Waals surface area contributed by atoms with Crippen LogP contribution in [0.15, 0.2) is 30.4 Å². The average molecular weight is 453 g/mol. The highest BCUT2D eigenvalue weighted by Gasteiger charge is 2.35. The summed E-state index contributed by atoms with van der Waals surface area (Å²) in [6.07, 6.45) is 4.40. The minimum atomic E-state index is -0.148. The van der Waals surface area contributed by atoms with Crippen LogP contribution in [0.2, 0.25) is 0 Å². The number of hydrogen-bond donors (Lipinski definition) is 1. The van der Waals surface area contributed by atoms with E-state index >= 15 is 0 Å². The fraction of sp³-hybridized carbons (Fsp3) is 0.500. The van der Waals surface area contributed by atoms with Crippen molar-refractivity contribution in [3.63, 3.8) is 0 Å². The summed E-state index contributed by atoms with van der Waals surface area (Å²) in [6, 6.07) is 3.91. The van der Waals surface area contributed by atoms with Gasteiger partial charge in [-0.25, -0.2) is 4.98 Å². The molecule has 2 aliphatic rings. The van der Waals surface area contributed by atoms with Gasteiger partial charge in [-0.2, -0.15) is 9.97 Å². The monoisotopic (exact) mass is 452 g/mol. The zero-order valence-electron chi connectivity index (χ0n) is 19.8. The lowest BCUT2D eigenvalue weighted by atomic mass is 10.1. The van der Waals surface area contributed by atoms with Crippen LogP contribution in [0.1, 0.15) is 25.5 Å². The van der Waals surface area contributed by atoms with Gasteiger partial charge in [0.1, 0.15) is 5.82 Å². The first-order valence-corrected chi connectivity index (χ1v) is 11.3. The number of amides is 1. The Hall–Kier alpha value is -3.04. The third-order valence-electron chi connectivity index (χ3n) is 6.15. The van der Waals surface area contributed by atoms with Gasteiger partial charge in [0.05, 0.1) is 29.9 Å². The standard InChI is InChI=1S/C24H32N6O3/c1-15(12-16(2)23(31)25-3)20-9-8-19-21(26-20)27-24(29(4)10-11-32-5)28-22(19)30-13-17-6-7-18(14-30)33-17/h8-9,12,17-18H,1,6-7,10-11,13-14H2,2-5H3,(H,25,31)/b16-12+. The van der Waals surface area contributed by atoms with Gasteiger partial charge in [0.25, 0.3) is 0 Å². The quantitative estimate of drug-likeness (QED) is 0.481. The van der Waals surface area contributed by atoms with Crippen LogP contribution in [0, 0.1) is 0 Å². The van der Waals surface area contributed by atoms with Gasteiger partial charge in [-0.1, -0.05) is 6.58 Å². The molecule has 0 radical (unpaired) electrons. The number of methoxy groups -OCH3 is 1. The molecule has 1 amide bonds. The number of carbonyl (C=O) groups is 1. The molecule has 2 fully saturated rings. The molecule has 2 unspecified atom stereocenters. The largest absolute Gasteiger partial charge is 0.383 e. The molecule has 4 heterocycles. The van der Waals surface area contributed by atoms with Crippen molar-refractivity contribution in [3.8, 4) is 0 Å². The van der Waals surface area contributed by atoms with Gasteiger partial charge in [0, 0.05) is 46.4 Å². The number of anilines is 2. The summed E-state index contributed by atoms with van der Waals surface area (Å²) in [5.41, 5.74) is 2.49. The van der Waals surface area contributed by atoms with E-state index in [2.05, 4.69) is 16.8 Å². The molecule has 2 aliphatic heterocycles. The lowest BCUT2D eigenvalue weighted by Crippen LogP contribution is -2.43. The van der Waals surface area contributed by atoms with Crippen molar-refractivity contribution in [2.75, 3.05) is 57.2 Å². The smallest absolute Gasteiger partial charge is 0.246 e. The topological polar surface area (TPSA) is 92.7 Å². The molecule has 9 nitrogen and oxygen atoms in total. The second-order valence-corrected chi connectivity index (χ2v) is 8.62. The summed E-state index contributed by atoms with van der Waals surface area (Å²) in [4.78, 5) is 30.7. The fourth-order valence-electron chi connectivity index (χ4n) is 4.29. The van der Waals surface area contributed by atoms with Crippen LogP contribution >= 0.6 is 0 Å². The summed E-state index contributed by atoms with van der Waals surface area (Å²) in [5, 5.41) is 3.52. The van der Waals surface area contributed by atoms with Crippen LogP contribution in [0.5, 0.6) is 0 Å². The zero-order chi connectivity index (χ0) is 23.5. The predicted octanol–water partition coefficient (Wildman–Crippen LogP) is 2.18. The highest BCUT2D eigenvalue weighted by Crippen LogP contribution is 2.33. The van der Waals surface area contributed by atoms with Crippen molar-refractivity contribution in [1.82, 2.24) is 20.3 Å². The predicted molar refractivity (Wildman–Crippen MR) is 129 cm³/mol. The number of ether oxygens (including phenoxy) is 2. The molecule has 0 aliphatic carbocycles. The number of morpholine rings is 1. The molecule has 33 heavy (non-hydrogen) atoms. The lowest BCUT2D eigenvalue weighted by molar-refractivity contribution is -0.116. The number of hydrogen-bond acceptors (Lipinski definition) is 8. The first-order valence-electron chi connectivity index (χ1n) is 11.3. The van der Waals surface area contributed by atoms with Crippen molar-refractivity contribution < 1.29 is 14.3 Å². The molecule has 2 bridgehead atoms. The van der Waals surface area contributed by atoms with Crippen molar-refractivity contribution in [1.29, 1.82) is 0 Å². The molecule has 0 aromatic carbocycles. The summed E-state index contributed by atoms with van der Waals surface area (Å²) >= 11 is 0. The van der Waals surface area contributed by atoms with Crippen LogP contribution in [-0.4, -0.2) is 80.5 Å². The molecule has 0 spiro atoms. The molecular formula is C24H32N6O3. The van der Waals surface area contributed by atoms with E-state index < -0.39 is 0 Å². The van der Waals surface area contributed by atoms with E-state index in [-0.39, 0.29) is 18.1 Å². The third-order valence-corrected chi connectivity index (χ3v) is 6.15. The van der Waals surface area contributed by atoms with E-state index in [1.165, 1.54) is 0 Å². The molecule has 0 saturated carbocycles. The normalized spacial score (nSPS) is 20.2. The van der Waals surface area contributed by atoms with E-state index in [0.717, 1.165) is 37.1 Å². The highest BCUT2D eigenvalue weighted by molar-refractivity contribution is 5.96. The Bertz CT molecular complexity index is 1070. The van der Waals surface area contributed by atoms with Crippen LogP contribution in [-0.2, 0) is 14.3 Å². The Balaban J connectivity index is 1.74. The molecule has 4 rings (SSSR count). The maximum atomic E-state index is 11.9. The SMILES string of the molecule is C=C(/C=C(\C)C(=O)NC)c1ccc2c(N3CC4CCC(C3)O4)nc(N(C)CCOC)nc2n1. The number of nitrogens with one attached hydrogen (secondary N) is 1.